The zero-order valence-corrected chi connectivity index (χ0v) is 14.0. The predicted molar refractivity (Wildman–Crippen MR) is 107 cm³/mol. The SMILES string of the molecule is O=C(c1ccccc1)c1nccc2cc3cc4ccccc4cc3cc12. The Morgan fingerprint density at radius 3 is 1.96 bits per heavy atom. The van der Waals surface area contributed by atoms with Gasteiger partial charge in [0.25, 0.3) is 0 Å². The smallest absolute Gasteiger partial charge is 0.211 e. The third kappa shape index (κ3) is 2.35. The number of hydrogen-bond donors (Lipinski definition) is 0. The van der Waals surface area contributed by atoms with E-state index in [2.05, 4.69) is 47.4 Å². The van der Waals surface area contributed by atoms with Crippen LogP contribution in [-0.2, 0) is 0 Å². The van der Waals surface area contributed by atoms with Gasteiger partial charge in [-0.25, -0.2) is 0 Å². The van der Waals surface area contributed by atoms with Gasteiger partial charge >= 0.3 is 0 Å². The quantitative estimate of drug-likeness (QED) is 0.303. The summed E-state index contributed by atoms with van der Waals surface area (Å²) in [6, 6.07) is 28.2. The van der Waals surface area contributed by atoms with Gasteiger partial charge in [-0.3, -0.25) is 9.78 Å². The molecule has 0 N–H and O–H groups in total. The molecule has 0 saturated carbocycles. The van der Waals surface area contributed by atoms with E-state index in [1.54, 1.807) is 6.20 Å². The third-order valence-electron chi connectivity index (χ3n) is 4.84. The molecule has 26 heavy (non-hydrogen) atoms. The third-order valence-corrected chi connectivity index (χ3v) is 4.84. The van der Waals surface area contributed by atoms with Crippen LogP contribution in [0.4, 0.5) is 0 Å². The van der Waals surface area contributed by atoms with Crippen LogP contribution < -0.4 is 0 Å². The molecule has 0 saturated heterocycles. The largest absolute Gasteiger partial charge is 0.287 e. The molecular formula is C24H15NO. The van der Waals surface area contributed by atoms with Gasteiger partial charge in [-0.15, -0.1) is 0 Å². The first-order chi connectivity index (χ1) is 12.8. The van der Waals surface area contributed by atoms with Crippen LogP contribution in [0.25, 0.3) is 32.3 Å². The molecule has 0 unspecified atom stereocenters. The predicted octanol–water partition coefficient (Wildman–Crippen LogP) is 5.77. The first-order valence-electron chi connectivity index (χ1n) is 8.61. The van der Waals surface area contributed by atoms with Gasteiger partial charge in [-0.05, 0) is 57.3 Å². The summed E-state index contributed by atoms with van der Waals surface area (Å²) in [6.45, 7) is 0. The Kier molecular flexibility index (Phi) is 3.29. The van der Waals surface area contributed by atoms with Crippen molar-refractivity contribution in [1.82, 2.24) is 4.98 Å². The number of nitrogens with zero attached hydrogens (tertiary/aromatic N) is 1. The van der Waals surface area contributed by atoms with Gasteiger partial charge in [-0.2, -0.15) is 0 Å². The zero-order chi connectivity index (χ0) is 17.5. The Bertz CT molecular complexity index is 1290. The lowest BCUT2D eigenvalue weighted by atomic mass is 9.97. The lowest BCUT2D eigenvalue weighted by Gasteiger charge is -2.08. The topological polar surface area (TPSA) is 30.0 Å². The average Bonchev–Trinajstić information content (AvgIpc) is 2.70. The number of benzene rings is 4. The van der Waals surface area contributed by atoms with Crippen LogP contribution in [0.5, 0.6) is 0 Å². The Labute approximate surface area is 150 Å². The maximum absolute atomic E-state index is 12.9. The second-order valence-corrected chi connectivity index (χ2v) is 6.47. The summed E-state index contributed by atoms with van der Waals surface area (Å²) < 4.78 is 0. The van der Waals surface area contributed by atoms with E-state index in [4.69, 9.17) is 0 Å². The summed E-state index contributed by atoms with van der Waals surface area (Å²) in [5.74, 6) is -0.0451. The molecule has 0 aliphatic heterocycles. The summed E-state index contributed by atoms with van der Waals surface area (Å²) in [4.78, 5) is 17.3. The van der Waals surface area contributed by atoms with Crippen LogP contribution in [0.1, 0.15) is 16.1 Å². The van der Waals surface area contributed by atoms with E-state index in [1.165, 1.54) is 16.2 Å². The fourth-order valence-electron chi connectivity index (χ4n) is 3.52. The van der Waals surface area contributed by atoms with Crippen LogP contribution in [-0.4, -0.2) is 10.8 Å². The van der Waals surface area contributed by atoms with Crippen molar-refractivity contribution in [2.75, 3.05) is 0 Å². The number of ketones is 1. The number of carbonyl (C=O) groups is 1. The van der Waals surface area contributed by atoms with E-state index in [-0.39, 0.29) is 5.78 Å². The maximum atomic E-state index is 12.9. The minimum atomic E-state index is -0.0451. The van der Waals surface area contributed by atoms with Crippen LogP contribution in [0, 0.1) is 0 Å². The molecule has 5 aromatic rings. The number of carbonyl (C=O) groups excluding carboxylic acids is 1. The van der Waals surface area contributed by atoms with Crippen LogP contribution in [0.3, 0.4) is 0 Å². The molecule has 2 heteroatoms. The lowest BCUT2D eigenvalue weighted by molar-refractivity contribution is 0.103. The van der Waals surface area contributed by atoms with Crippen molar-refractivity contribution in [3.63, 3.8) is 0 Å². The van der Waals surface area contributed by atoms with Crippen molar-refractivity contribution in [3.8, 4) is 0 Å². The number of aromatic nitrogens is 1. The van der Waals surface area contributed by atoms with Crippen LogP contribution in [0.15, 0.2) is 91.1 Å². The molecule has 0 fully saturated rings. The first kappa shape index (κ1) is 14.8. The molecule has 1 heterocycles. The van der Waals surface area contributed by atoms with Crippen LogP contribution in [0.2, 0.25) is 0 Å². The van der Waals surface area contributed by atoms with Gasteiger partial charge < -0.3 is 0 Å². The Hall–Kier alpha value is -3.52. The fraction of sp³-hybridized carbons (Fsp3) is 0. The van der Waals surface area contributed by atoms with E-state index in [0.29, 0.717) is 11.3 Å². The van der Waals surface area contributed by atoms with E-state index < -0.39 is 0 Å². The molecular weight excluding hydrogens is 318 g/mol. The van der Waals surface area contributed by atoms with Crippen molar-refractivity contribution in [3.05, 3.63) is 102 Å². The van der Waals surface area contributed by atoms with Gasteiger partial charge in [0, 0.05) is 17.1 Å². The molecule has 0 atom stereocenters. The molecule has 4 aromatic carbocycles. The highest BCUT2D eigenvalue weighted by molar-refractivity contribution is 6.17. The number of rotatable bonds is 2. The fourth-order valence-corrected chi connectivity index (χ4v) is 3.52. The van der Waals surface area contributed by atoms with Crippen LogP contribution >= 0.6 is 0 Å². The van der Waals surface area contributed by atoms with Crippen molar-refractivity contribution in [1.29, 1.82) is 0 Å². The highest BCUT2D eigenvalue weighted by atomic mass is 16.1. The zero-order valence-electron chi connectivity index (χ0n) is 14.0. The maximum Gasteiger partial charge on any atom is 0.211 e. The van der Waals surface area contributed by atoms with E-state index in [9.17, 15) is 4.79 Å². The van der Waals surface area contributed by atoms with Gasteiger partial charge in [0.1, 0.15) is 5.69 Å². The summed E-state index contributed by atoms with van der Waals surface area (Å²) in [6.07, 6.45) is 1.71. The second kappa shape index (κ2) is 5.78. The molecule has 122 valence electrons. The molecule has 0 radical (unpaired) electrons. The minimum absolute atomic E-state index is 0.0451. The molecule has 0 aliphatic carbocycles. The lowest BCUT2D eigenvalue weighted by Crippen LogP contribution is -2.04. The molecule has 1 aromatic heterocycles. The first-order valence-corrected chi connectivity index (χ1v) is 8.61. The molecule has 0 spiro atoms. The number of fused-ring (bicyclic) bond motifs is 3. The van der Waals surface area contributed by atoms with E-state index in [0.717, 1.165) is 16.2 Å². The van der Waals surface area contributed by atoms with Gasteiger partial charge in [0.2, 0.25) is 5.78 Å². The molecule has 0 amide bonds. The number of hydrogen-bond acceptors (Lipinski definition) is 2. The Balaban J connectivity index is 1.78. The Morgan fingerprint density at radius 2 is 1.23 bits per heavy atom. The monoisotopic (exact) mass is 333 g/mol. The summed E-state index contributed by atoms with van der Waals surface area (Å²) in [5.41, 5.74) is 1.16. The normalized spacial score (nSPS) is 11.2. The standard InChI is InChI=1S/C24H15NO/c26-24(16-6-2-1-3-7-16)23-22-15-21-13-18-9-5-4-8-17(18)12-20(21)14-19(22)10-11-25-23/h1-15H. The van der Waals surface area contributed by atoms with E-state index >= 15 is 0 Å². The molecule has 0 aliphatic rings. The van der Waals surface area contributed by atoms with Gasteiger partial charge in [-0.1, -0.05) is 54.6 Å². The average molecular weight is 333 g/mol. The second-order valence-electron chi connectivity index (χ2n) is 6.47. The highest BCUT2D eigenvalue weighted by Crippen LogP contribution is 2.29. The summed E-state index contributed by atoms with van der Waals surface area (Å²) in [5, 5.41) is 6.62. The van der Waals surface area contributed by atoms with Crippen molar-refractivity contribution in [2.45, 2.75) is 0 Å². The van der Waals surface area contributed by atoms with Crippen molar-refractivity contribution in [2.24, 2.45) is 0 Å². The highest BCUT2D eigenvalue weighted by Gasteiger charge is 2.14. The minimum Gasteiger partial charge on any atom is -0.287 e. The van der Waals surface area contributed by atoms with Gasteiger partial charge in [0.05, 0.1) is 0 Å². The number of pyridine rings is 1. The van der Waals surface area contributed by atoms with E-state index in [1.807, 2.05) is 42.5 Å². The molecule has 5 rings (SSSR count). The van der Waals surface area contributed by atoms with Crippen molar-refractivity contribution < 1.29 is 4.79 Å². The molecule has 2 nitrogen and oxygen atoms in total. The molecule has 0 bridgehead atoms. The van der Waals surface area contributed by atoms with Gasteiger partial charge in [0.15, 0.2) is 0 Å². The summed E-state index contributed by atoms with van der Waals surface area (Å²) in [7, 11) is 0. The van der Waals surface area contributed by atoms with Crippen molar-refractivity contribution >= 4 is 38.1 Å². The Morgan fingerprint density at radius 1 is 0.615 bits per heavy atom. The summed E-state index contributed by atoms with van der Waals surface area (Å²) >= 11 is 0.